The predicted molar refractivity (Wildman–Crippen MR) is 50.5 cm³/mol. The number of carbonyl (C=O) groups is 2. The largest absolute Gasteiger partial charge is 0.328 e. The summed E-state index contributed by atoms with van der Waals surface area (Å²) in [6, 6.07) is 8.88. The lowest BCUT2D eigenvalue weighted by molar-refractivity contribution is -0.138. The molecule has 1 aromatic rings. The highest BCUT2D eigenvalue weighted by atomic mass is 16.2. The number of para-hydroxylation sites is 1. The molecule has 0 aromatic heterocycles. The van der Waals surface area contributed by atoms with Crippen molar-refractivity contribution in [2.75, 3.05) is 5.43 Å². The van der Waals surface area contributed by atoms with Crippen LogP contribution in [-0.4, -0.2) is 11.8 Å². The second kappa shape index (κ2) is 4.83. The van der Waals surface area contributed by atoms with Crippen molar-refractivity contribution < 1.29 is 9.59 Å². The van der Waals surface area contributed by atoms with Crippen LogP contribution in [0.25, 0.3) is 0 Å². The molecule has 0 spiro atoms. The van der Waals surface area contributed by atoms with Crippen LogP contribution in [0.15, 0.2) is 30.3 Å². The van der Waals surface area contributed by atoms with E-state index in [1.165, 1.54) is 0 Å². The summed E-state index contributed by atoms with van der Waals surface area (Å²) in [5.74, 6) is 2.99. The molecule has 0 bridgehead atoms. The maximum absolute atomic E-state index is 10.9. The van der Waals surface area contributed by atoms with Crippen LogP contribution in [0.4, 0.5) is 5.69 Å². The zero-order chi connectivity index (χ0) is 10.4. The molecule has 0 aliphatic heterocycles. The van der Waals surface area contributed by atoms with Crippen molar-refractivity contribution in [3.63, 3.8) is 0 Å². The average Bonchev–Trinajstić information content (AvgIpc) is 2.26. The lowest BCUT2D eigenvalue weighted by Crippen LogP contribution is -2.45. The van der Waals surface area contributed by atoms with Crippen molar-refractivity contribution in [1.29, 1.82) is 0 Å². The fourth-order valence-electron chi connectivity index (χ4n) is 0.773. The molecule has 0 radical (unpaired) electrons. The first-order valence-electron chi connectivity index (χ1n) is 3.86. The topological polar surface area (TPSA) is 96.2 Å². The smallest absolute Gasteiger partial charge is 0.298 e. The van der Waals surface area contributed by atoms with E-state index in [1.54, 1.807) is 29.7 Å². The maximum Gasteiger partial charge on any atom is 0.328 e. The highest BCUT2D eigenvalue weighted by Crippen LogP contribution is 2.01. The minimum atomic E-state index is -0.909. The summed E-state index contributed by atoms with van der Waals surface area (Å²) in [5.41, 5.74) is 7.09. The first-order chi connectivity index (χ1) is 6.74. The Hall–Kier alpha value is -2.08. The standard InChI is InChI=1S/C8H10N4O2/c9-10-7(13)8(14)12-11-6-4-2-1-3-5-6/h1-5,11H,9H2,(H,10,13)(H,12,14). The lowest BCUT2D eigenvalue weighted by Gasteiger charge is -2.06. The van der Waals surface area contributed by atoms with Crippen LogP contribution in [0.5, 0.6) is 0 Å². The Morgan fingerprint density at radius 2 is 1.71 bits per heavy atom. The molecule has 0 atom stereocenters. The van der Waals surface area contributed by atoms with E-state index in [-0.39, 0.29) is 0 Å². The van der Waals surface area contributed by atoms with Gasteiger partial charge in [0.1, 0.15) is 0 Å². The van der Waals surface area contributed by atoms with Gasteiger partial charge in [0.15, 0.2) is 0 Å². The van der Waals surface area contributed by atoms with Gasteiger partial charge in [-0.25, -0.2) is 5.84 Å². The Balaban J connectivity index is 2.42. The molecule has 1 rings (SSSR count). The third-order valence-corrected chi connectivity index (χ3v) is 1.43. The fraction of sp³-hybridized carbons (Fsp3) is 0. The van der Waals surface area contributed by atoms with Crippen molar-refractivity contribution >= 4 is 17.5 Å². The number of benzene rings is 1. The number of nitrogens with two attached hydrogens (primary N) is 1. The Morgan fingerprint density at radius 3 is 2.29 bits per heavy atom. The first-order valence-corrected chi connectivity index (χ1v) is 3.86. The second-order valence-electron chi connectivity index (χ2n) is 2.42. The zero-order valence-corrected chi connectivity index (χ0v) is 7.28. The van der Waals surface area contributed by atoms with Crippen molar-refractivity contribution in [3.05, 3.63) is 30.3 Å². The highest BCUT2D eigenvalue weighted by Gasteiger charge is 2.09. The number of anilines is 1. The molecule has 0 saturated heterocycles. The maximum atomic E-state index is 10.9. The summed E-state index contributed by atoms with van der Waals surface area (Å²) in [4.78, 5) is 21.5. The van der Waals surface area contributed by atoms with E-state index in [0.717, 1.165) is 0 Å². The molecule has 6 nitrogen and oxygen atoms in total. The average molecular weight is 194 g/mol. The summed E-state index contributed by atoms with van der Waals surface area (Å²) in [6.45, 7) is 0. The van der Waals surface area contributed by atoms with Crippen LogP contribution >= 0.6 is 0 Å². The summed E-state index contributed by atoms with van der Waals surface area (Å²) in [5, 5.41) is 0. The summed E-state index contributed by atoms with van der Waals surface area (Å²) < 4.78 is 0. The number of nitrogens with one attached hydrogen (secondary N) is 3. The number of carbonyl (C=O) groups excluding carboxylic acids is 2. The number of hydrazine groups is 2. The number of hydrogen-bond donors (Lipinski definition) is 4. The Kier molecular flexibility index (Phi) is 3.45. The van der Waals surface area contributed by atoms with Gasteiger partial charge in [-0.15, -0.1) is 0 Å². The SMILES string of the molecule is NNC(=O)C(=O)NNc1ccccc1. The van der Waals surface area contributed by atoms with Gasteiger partial charge in [-0.1, -0.05) is 18.2 Å². The van der Waals surface area contributed by atoms with Gasteiger partial charge in [0, 0.05) is 0 Å². The lowest BCUT2D eigenvalue weighted by atomic mass is 10.3. The molecule has 2 amide bonds. The molecule has 0 aliphatic carbocycles. The molecule has 0 heterocycles. The van der Waals surface area contributed by atoms with E-state index in [9.17, 15) is 9.59 Å². The highest BCUT2D eigenvalue weighted by molar-refractivity contribution is 6.35. The van der Waals surface area contributed by atoms with Gasteiger partial charge in [0.25, 0.3) is 0 Å². The van der Waals surface area contributed by atoms with Crippen molar-refractivity contribution in [3.8, 4) is 0 Å². The third kappa shape index (κ3) is 2.76. The quantitative estimate of drug-likeness (QED) is 0.213. The Bertz CT molecular complexity index is 325. The van der Waals surface area contributed by atoms with Crippen molar-refractivity contribution in [2.45, 2.75) is 0 Å². The molecule has 0 saturated carbocycles. The van der Waals surface area contributed by atoms with Gasteiger partial charge < -0.3 is 0 Å². The predicted octanol–water partition coefficient (Wildman–Crippen LogP) is -0.880. The van der Waals surface area contributed by atoms with Crippen molar-refractivity contribution in [2.24, 2.45) is 5.84 Å². The summed E-state index contributed by atoms with van der Waals surface area (Å²) in [6.07, 6.45) is 0. The molecular formula is C8H10N4O2. The van der Waals surface area contributed by atoms with E-state index in [0.29, 0.717) is 5.69 Å². The normalized spacial score (nSPS) is 8.93. The van der Waals surface area contributed by atoms with Crippen LogP contribution < -0.4 is 22.1 Å². The van der Waals surface area contributed by atoms with Gasteiger partial charge in [-0.2, -0.15) is 0 Å². The van der Waals surface area contributed by atoms with E-state index >= 15 is 0 Å². The van der Waals surface area contributed by atoms with Gasteiger partial charge >= 0.3 is 11.8 Å². The summed E-state index contributed by atoms with van der Waals surface area (Å²) in [7, 11) is 0. The van der Waals surface area contributed by atoms with E-state index in [1.807, 2.05) is 6.07 Å². The van der Waals surface area contributed by atoms with Crippen LogP contribution in [0.3, 0.4) is 0 Å². The van der Waals surface area contributed by atoms with Crippen LogP contribution in [0.1, 0.15) is 0 Å². The molecule has 0 unspecified atom stereocenters. The number of amides is 2. The summed E-state index contributed by atoms with van der Waals surface area (Å²) >= 11 is 0. The molecule has 14 heavy (non-hydrogen) atoms. The first kappa shape index (κ1) is 10.0. The third-order valence-electron chi connectivity index (χ3n) is 1.43. The monoisotopic (exact) mass is 194 g/mol. The minimum Gasteiger partial charge on any atom is -0.298 e. The zero-order valence-electron chi connectivity index (χ0n) is 7.28. The molecule has 0 fully saturated rings. The van der Waals surface area contributed by atoms with E-state index in [4.69, 9.17) is 5.84 Å². The van der Waals surface area contributed by atoms with Gasteiger partial charge in [0.05, 0.1) is 5.69 Å². The van der Waals surface area contributed by atoms with E-state index in [2.05, 4.69) is 10.9 Å². The molecular weight excluding hydrogens is 184 g/mol. The minimum absolute atomic E-state index is 0.672. The molecule has 5 N–H and O–H groups in total. The molecule has 1 aromatic carbocycles. The van der Waals surface area contributed by atoms with Crippen molar-refractivity contribution in [1.82, 2.24) is 10.9 Å². The Morgan fingerprint density at radius 1 is 1.07 bits per heavy atom. The number of rotatable bonds is 2. The molecule has 74 valence electrons. The van der Waals surface area contributed by atoms with Crippen LogP contribution in [-0.2, 0) is 9.59 Å². The van der Waals surface area contributed by atoms with Gasteiger partial charge in [-0.05, 0) is 12.1 Å². The molecule has 0 aliphatic rings. The molecule has 6 heteroatoms. The van der Waals surface area contributed by atoms with Gasteiger partial charge in [-0.3, -0.25) is 25.9 Å². The Labute approximate surface area is 80.4 Å². The number of hydrogen-bond acceptors (Lipinski definition) is 4. The van der Waals surface area contributed by atoms with Crippen LogP contribution in [0.2, 0.25) is 0 Å². The second-order valence-corrected chi connectivity index (χ2v) is 2.42. The van der Waals surface area contributed by atoms with Gasteiger partial charge in [0.2, 0.25) is 0 Å². The van der Waals surface area contributed by atoms with E-state index < -0.39 is 11.8 Å². The van der Waals surface area contributed by atoms with Crippen LogP contribution in [0, 0.1) is 0 Å². The fourth-order valence-corrected chi connectivity index (χ4v) is 0.773.